The topological polar surface area (TPSA) is 26.3 Å². The lowest BCUT2D eigenvalue weighted by Gasteiger charge is -2.04. The molecule has 0 aliphatic rings. The first kappa shape index (κ1) is 25.2. The number of esters is 1. The van der Waals surface area contributed by atoms with E-state index in [1.54, 1.807) is 0 Å². The zero-order chi connectivity index (χ0) is 18.4. The minimum atomic E-state index is -0.0763. The second kappa shape index (κ2) is 22.2. The van der Waals surface area contributed by atoms with Crippen molar-refractivity contribution in [3.8, 4) is 0 Å². The molecule has 0 aromatic rings. The average Bonchev–Trinajstić information content (AvgIpc) is 2.63. The first-order chi connectivity index (χ1) is 12.3. The van der Waals surface area contributed by atoms with E-state index in [0.717, 1.165) is 6.42 Å². The molecule has 0 N–H and O–H groups in total. The number of alkyl halides is 1. The monoisotopic (exact) mass is 466 g/mol. The van der Waals surface area contributed by atoms with Crippen LogP contribution in [0.2, 0.25) is 0 Å². The number of hydrogen-bond donors (Lipinski definition) is 0. The van der Waals surface area contributed by atoms with Gasteiger partial charge in [-0.3, -0.25) is 4.79 Å². The van der Waals surface area contributed by atoms with Crippen molar-refractivity contribution in [2.24, 2.45) is 0 Å². The average molecular weight is 466 g/mol. The molecule has 0 heterocycles. The van der Waals surface area contributed by atoms with Crippen LogP contribution in [-0.4, -0.2) is 17.0 Å². The maximum atomic E-state index is 11.0. The molecular weight excluding hydrogens is 423 g/mol. The molecule has 0 spiro atoms. The fourth-order valence-corrected chi connectivity index (χ4v) is 3.45. The molecule has 0 aliphatic carbocycles. The summed E-state index contributed by atoms with van der Waals surface area (Å²) in [5.74, 6) is -0.0763. The number of hydrogen-bond acceptors (Lipinski definition) is 2. The van der Waals surface area contributed by atoms with Crippen molar-refractivity contribution in [1.82, 2.24) is 0 Å². The quantitative estimate of drug-likeness (QED) is 0.0786. The van der Waals surface area contributed by atoms with E-state index in [2.05, 4.69) is 6.92 Å². The molecule has 0 rings (SSSR count). The minimum absolute atomic E-state index is 0.0763. The Kier molecular flexibility index (Phi) is 22.4. The van der Waals surface area contributed by atoms with Gasteiger partial charge in [0.25, 0.3) is 0 Å². The summed E-state index contributed by atoms with van der Waals surface area (Å²) in [5, 5.41) is 0. The van der Waals surface area contributed by atoms with E-state index in [1.807, 2.05) is 22.6 Å². The summed E-state index contributed by atoms with van der Waals surface area (Å²) in [5.41, 5.74) is 0. The number of halogens is 1. The van der Waals surface area contributed by atoms with Gasteiger partial charge in [0.1, 0.15) is 0 Å². The molecule has 0 bridgehead atoms. The Morgan fingerprint density at radius 1 is 0.600 bits per heavy atom. The zero-order valence-electron chi connectivity index (χ0n) is 16.8. The number of ether oxygens (including phenoxy) is 1. The van der Waals surface area contributed by atoms with E-state index in [9.17, 15) is 4.79 Å². The maximum absolute atomic E-state index is 11.0. The van der Waals surface area contributed by atoms with Gasteiger partial charge in [-0.1, -0.05) is 139 Å². The summed E-state index contributed by atoms with van der Waals surface area (Å²) >= 11 is 2.05. The Bertz CT molecular complexity index is 269. The van der Waals surface area contributed by atoms with Gasteiger partial charge in [0.15, 0.2) is 0 Å². The van der Waals surface area contributed by atoms with Crippen LogP contribution in [0.4, 0.5) is 0 Å². The second-order valence-corrected chi connectivity index (χ2v) is 8.13. The number of carbonyl (C=O) groups is 1. The van der Waals surface area contributed by atoms with Crippen LogP contribution in [0.25, 0.3) is 0 Å². The lowest BCUT2D eigenvalue weighted by atomic mass is 10.0. The van der Waals surface area contributed by atoms with Crippen LogP contribution in [0.1, 0.15) is 122 Å². The Morgan fingerprint density at radius 3 is 1.24 bits per heavy atom. The Hall–Kier alpha value is 0.200. The predicted molar refractivity (Wildman–Crippen MR) is 119 cm³/mol. The highest BCUT2D eigenvalue weighted by Gasteiger charge is 1.98. The zero-order valence-corrected chi connectivity index (χ0v) is 19.0. The van der Waals surface area contributed by atoms with Gasteiger partial charge in [-0.2, -0.15) is 0 Å². The second-order valence-electron chi connectivity index (χ2n) is 7.36. The van der Waals surface area contributed by atoms with Gasteiger partial charge < -0.3 is 4.74 Å². The molecule has 0 aromatic carbocycles. The van der Waals surface area contributed by atoms with Crippen LogP contribution in [0, 0.1) is 0 Å². The molecule has 0 fully saturated rings. The lowest BCUT2D eigenvalue weighted by Crippen LogP contribution is -2.06. The fourth-order valence-electron chi connectivity index (χ4n) is 3.23. The van der Waals surface area contributed by atoms with Crippen LogP contribution in [0.15, 0.2) is 0 Å². The van der Waals surface area contributed by atoms with Crippen LogP contribution in [0.3, 0.4) is 0 Å². The molecule has 0 radical (unpaired) electrons. The molecule has 25 heavy (non-hydrogen) atoms. The summed E-state index contributed by atoms with van der Waals surface area (Å²) in [6.45, 7) is 2.90. The van der Waals surface area contributed by atoms with Crippen LogP contribution in [0.5, 0.6) is 0 Å². The van der Waals surface area contributed by atoms with E-state index in [4.69, 9.17) is 4.74 Å². The standard InChI is InChI=1S/C22H43IO2/c1-2-3-4-5-6-7-8-9-10-11-12-13-14-15-16-17-18-19-20-25-22(24)21-23/h2-21H2,1H3. The first-order valence-electron chi connectivity index (χ1n) is 11.0. The molecule has 0 atom stereocenters. The van der Waals surface area contributed by atoms with E-state index in [0.29, 0.717) is 11.0 Å². The normalized spacial score (nSPS) is 11.0. The summed E-state index contributed by atoms with van der Waals surface area (Å²) in [6.07, 6.45) is 24.9. The predicted octanol–water partition coefficient (Wildman–Crippen LogP) is 8.01. The van der Waals surface area contributed by atoms with Crippen molar-refractivity contribution >= 4 is 28.6 Å². The van der Waals surface area contributed by atoms with E-state index in [-0.39, 0.29) is 5.97 Å². The van der Waals surface area contributed by atoms with Crippen molar-refractivity contribution < 1.29 is 9.53 Å². The number of rotatable bonds is 20. The van der Waals surface area contributed by atoms with Gasteiger partial charge in [-0.25, -0.2) is 0 Å². The molecule has 0 aliphatic heterocycles. The van der Waals surface area contributed by atoms with E-state index < -0.39 is 0 Å². The summed E-state index contributed by atoms with van der Waals surface area (Å²) in [6, 6.07) is 0. The highest BCUT2D eigenvalue weighted by atomic mass is 127. The maximum Gasteiger partial charge on any atom is 0.315 e. The molecule has 0 saturated carbocycles. The molecule has 2 nitrogen and oxygen atoms in total. The fraction of sp³-hybridized carbons (Fsp3) is 0.955. The van der Waals surface area contributed by atoms with Crippen molar-refractivity contribution in [3.63, 3.8) is 0 Å². The summed E-state index contributed by atoms with van der Waals surface area (Å²) in [4.78, 5) is 11.0. The van der Waals surface area contributed by atoms with Gasteiger partial charge in [0.05, 0.1) is 11.0 Å². The molecule has 0 amide bonds. The molecule has 0 aromatic heterocycles. The summed E-state index contributed by atoms with van der Waals surface area (Å²) < 4.78 is 5.54. The molecule has 0 unspecified atom stereocenters. The van der Waals surface area contributed by atoms with Gasteiger partial charge in [0.2, 0.25) is 0 Å². The smallest absolute Gasteiger partial charge is 0.315 e. The lowest BCUT2D eigenvalue weighted by molar-refractivity contribution is -0.140. The van der Waals surface area contributed by atoms with Crippen LogP contribution >= 0.6 is 22.6 Å². The van der Waals surface area contributed by atoms with E-state index >= 15 is 0 Å². The Morgan fingerprint density at radius 2 is 0.920 bits per heavy atom. The van der Waals surface area contributed by atoms with Gasteiger partial charge in [-0.15, -0.1) is 0 Å². The van der Waals surface area contributed by atoms with Gasteiger partial charge >= 0.3 is 5.97 Å². The third kappa shape index (κ3) is 22.2. The molecule has 150 valence electrons. The van der Waals surface area contributed by atoms with Crippen molar-refractivity contribution in [3.05, 3.63) is 0 Å². The third-order valence-electron chi connectivity index (χ3n) is 4.87. The number of unbranched alkanes of at least 4 members (excludes halogenated alkanes) is 17. The van der Waals surface area contributed by atoms with Crippen molar-refractivity contribution in [2.75, 3.05) is 11.0 Å². The van der Waals surface area contributed by atoms with Gasteiger partial charge in [-0.05, 0) is 6.42 Å². The largest absolute Gasteiger partial charge is 0.465 e. The van der Waals surface area contributed by atoms with Crippen molar-refractivity contribution in [1.29, 1.82) is 0 Å². The third-order valence-corrected chi connectivity index (χ3v) is 5.49. The van der Waals surface area contributed by atoms with Crippen LogP contribution < -0.4 is 0 Å². The highest BCUT2D eigenvalue weighted by Crippen LogP contribution is 2.14. The van der Waals surface area contributed by atoms with Crippen LogP contribution in [-0.2, 0) is 9.53 Å². The van der Waals surface area contributed by atoms with Gasteiger partial charge in [0, 0.05) is 0 Å². The summed E-state index contributed by atoms with van der Waals surface area (Å²) in [7, 11) is 0. The Labute approximate surface area is 171 Å². The first-order valence-corrected chi connectivity index (χ1v) is 12.6. The highest BCUT2D eigenvalue weighted by molar-refractivity contribution is 14.1. The van der Waals surface area contributed by atoms with E-state index in [1.165, 1.54) is 109 Å². The van der Waals surface area contributed by atoms with Crippen molar-refractivity contribution in [2.45, 2.75) is 122 Å². The molecular formula is C22H43IO2. The SMILES string of the molecule is CCCCCCCCCCCCCCCCCCCCOC(=O)CI. The molecule has 3 heteroatoms. The number of carbonyl (C=O) groups excluding carboxylic acids is 1. The minimum Gasteiger partial charge on any atom is -0.465 e. The Balaban J connectivity index is 2.99. The molecule has 0 saturated heterocycles.